The Morgan fingerprint density at radius 2 is 2.20 bits per heavy atom. The van der Waals surface area contributed by atoms with Crippen LogP contribution in [-0.2, 0) is 19.6 Å². The summed E-state index contributed by atoms with van der Waals surface area (Å²) in [5.41, 5.74) is 5.20. The molecule has 7 nitrogen and oxygen atoms in total. The van der Waals surface area contributed by atoms with E-state index < -0.39 is 22.0 Å². The number of ether oxygens (including phenoxy) is 1. The highest BCUT2D eigenvalue weighted by Crippen LogP contribution is 2.26. The summed E-state index contributed by atoms with van der Waals surface area (Å²) in [5, 5.41) is 0.00988. The highest BCUT2D eigenvalue weighted by atomic mass is 35.5. The number of aromatic nitrogens is 1. The SMILES string of the molecule is NC(=O)C1COCCN1S(=O)(=O)c1cnc(Cl)c(Cl)c1. The molecule has 0 radical (unpaired) electrons. The van der Waals surface area contributed by atoms with E-state index in [4.69, 9.17) is 33.7 Å². The summed E-state index contributed by atoms with van der Waals surface area (Å²) < 4.78 is 31.0. The van der Waals surface area contributed by atoms with Crippen LogP contribution in [0.4, 0.5) is 0 Å². The lowest BCUT2D eigenvalue weighted by atomic mass is 10.3. The molecule has 20 heavy (non-hydrogen) atoms. The Labute approximate surface area is 125 Å². The Morgan fingerprint density at radius 1 is 1.50 bits per heavy atom. The smallest absolute Gasteiger partial charge is 0.245 e. The van der Waals surface area contributed by atoms with Gasteiger partial charge < -0.3 is 10.5 Å². The van der Waals surface area contributed by atoms with Gasteiger partial charge in [-0.05, 0) is 6.07 Å². The molecule has 10 heteroatoms. The molecule has 1 unspecified atom stereocenters. The molecule has 1 amide bonds. The predicted octanol–water partition coefficient (Wildman–Crippen LogP) is 0.263. The number of sulfonamides is 1. The van der Waals surface area contributed by atoms with Gasteiger partial charge in [-0.2, -0.15) is 4.31 Å². The number of morpholine rings is 1. The van der Waals surface area contributed by atoms with Gasteiger partial charge in [0.2, 0.25) is 15.9 Å². The summed E-state index contributed by atoms with van der Waals surface area (Å²) in [6.07, 6.45) is 1.08. The fourth-order valence-electron chi connectivity index (χ4n) is 1.78. The van der Waals surface area contributed by atoms with Gasteiger partial charge in [-0.25, -0.2) is 13.4 Å². The first-order valence-corrected chi connectivity index (χ1v) is 7.73. The van der Waals surface area contributed by atoms with E-state index >= 15 is 0 Å². The summed E-state index contributed by atoms with van der Waals surface area (Å²) in [5.74, 6) is -0.777. The molecule has 0 spiro atoms. The van der Waals surface area contributed by atoms with Crippen LogP contribution in [0.3, 0.4) is 0 Å². The number of amides is 1. The molecular weight excluding hydrogens is 329 g/mol. The summed E-state index contributed by atoms with van der Waals surface area (Å²) in [4.78, 5) is 14.9. The zero-order chi connectivity index (χ0) is 14.9. The topological polar surface area (TPSA) is 103 Å². The highest BCUT2D eigenvalue weighted by Gasteiger charge is 2.37. The molecule has 1 aromatic rings. The van der Waals surface area contributed by atoms with Crippen molar-refractivity contribution in [2.45, 2.75) is 10.9 Å². The number of carbonyl (C=O) groups is 1. The number of hydrogen-bond acceptors (Lipinski definition) is 5. The van der Waals surface area contributed by atoms with Gasteiger partial charge in [0, 0.05) is 12.7 Å². The molecule has 1 aliphatic rings. The number of rotatable bonds is 3. The number of hydrogen-bond donors (Lipinski definition) is 1. The number of primary amides is 1. The molecule has 2 heterocycles. The fourth-order valence-corrected chi connectivity index (χ4v) is 3.65. The van der Waals surface area contributed by atoms with Gasteiger partial charge in [0.15, 0.2) is 0 Å². The van der Waals surface area contributed by atoms with Crippen molar-refractivity contribution in [2.75, 3.05) is 19.8 Å². The number of halogens is 2. The quantitative estimate of drug-likeness (QED) is 0.796. The number of nitrogens with two attached hydrogens (primary N) is 1. The molecule has 1 aromatic heterocycles. The van der Waals surface area contributed by atoms with E-state index in [1.54, 1.807) is 0 Å². The van der Waals surface area contributed by atoms with E-state index in [-0.39, 0.29) is 34.8 Å². The van der Waals surface area contributed by atoms with Gasteiger partial charge in [0.05, 0.1) is 18.2 Å². The third kappa shape index (κ3) is 2.89. The zero-order valence-corrected chi connectivity index (χ0v) is 12.5. The second kappa shape index (κ2) is 5.82. The van der Waals surface area contributed by atoms with Crippen molar-refractivity contribution in [3.05, 3.63) is 22.4 Å². The maximum atomic E-state index is 12.5. The van der Waals surface area contributed by atoms with E-state index in [9.17, 15) is 13.2 Å². The van der Waals surface area contributed by atoms with Crippen molar-refractivity contribution in [3.63, 3.8) is 0 Å². The number of nitrogens with zero attached hydrogens (tertiary/aromatic N) is 2. The molecule has 0 saturated carbocycles. The lowest BCUT2D eigenvalue weighted by molar-refractivity contribution is -0.125. The standard InChI is InChI=1S/C10H11Cl2N3O4S/c11-7-3-6(4-14-9(7)12)20(17,18)15-1-2-19-5-8(15)10(13)16/h3-4,8H,1-2,5H2,(H2,13,16). The van der Waals surface area contributed by atoms with Crippen LogP contribution in [0.15, 0.2) is 17.2 Å². The molecule has 0 bridgehead atoms. The Kier molecular flexibility index (Phi) is 4.50. The molecule has 0 aromatic carbocycles. The van der Waals surface area contributed by atoms with Crippen LogP contribution in [0.25, 0.3) is 0 Å². The third-order valence-corrected chi connectivity index (χ3v) is 5.35. The van der Waals surface area contributed by atoms with Crippen molar-refractivity contribution in [2.24, 2.45) is 5.73 Å². The number of pyridine rings is 1. The largest absolute Gasteiger partial charge is 0.378 e. The normalized spacial score (nSPS) is 20.8. The van der Waals surface area contributed by atoms with Crippen molar-refractivity contribution in [1.29, 1.82) is 0 Å². The van der Waals surface area contributed by atoms with E-state index in [1.807, 2.05) is 0 Å². The first-order chi connectivity index (χ1) is 9.34. The molecule has 1 saturated heterocycles. The average molecular weight is 340 g/mol. The van der Waals surface area contributed by atoms with Gasteiger partial charge >= 0.3 is 0 Å². The maximum Gasteiger partial charge on any atom is 0.245 e. The summed E-state index contributed by atoms with van der Waals surface area (Å²) >= 11 is 11.4. The Balaban J connectivity index is 2.42. The highest BCUT2D eigenvalue weighted by molar-refractivity contribution is 7.89. The minimum absolute atomic E-state index is 0.000884. The first kappa shape index (κ1) is 15.5. The molecule has 0 aliphatic carbocycles. The molecule has 1 atom stereocenters. The fraction of sp³-hybridized carbons (Fsp3) is 0.400. The molecule has 1 fully saturated rings. The van der Waals surface area contributed by atoms with Gasteiger partial charge in [0.1, 0.15) is 16.1 Å². The van der Waals surface area contributed by atoms with Crippen LogP contribution in [0.5, 0.6) is 0 Å². The predicted molar refractivity (Wildman–Crippen MR) is 72.0 cm³/mol. The minimum atomic E-state index is -3.95. The Morgan fingerprint density at radius 3 is 2.80 bits per heavy atom. The lowest BCUT2D eigenvalue weighted by Gasteiger charge is -2.32. The van der Waals surface area contributed by atoms with Crippen LogP contribution in [-0.4, -0.2) is 49.4 Å². The zero-order valence-electron chi connectivity index (χ0n) is 10.1. The molecule has 2 rings (SSSR count). The average Bonchev–Trinajstić information content (AvgIpc) is 2.41. The molecular formula is C10H11Cl2N3O4S. The van der Waals surface area contributed by atoms with E-state index in [0.717, 1.165) is 10.5 Å². The van der Waals surface area contributed by atoms with Crippen LogP contribution in [0.1, 0.15) is 0 Å². The van der Waals surface area contributed by atoms with Gasteiger partial charge in [0.25, 0.3) is 0 Å². The van der Waals surface area contributed by atoms with Crippen LogP contribution >= 0.6 is 23.2 Å². The van der Waals surface area contributed by atoms with Crippen molar-refractivity contribution in [1.82, 2.24) is 9.29 Å². The van der Waals surface area contributed by atoms with Crippen molar-refractivity contribution >= 4 is 39.1 Å². The van der Waals surface area contributed by atoms with E-state index in [2.05, 4.69) is 4.98 Å². The number of carbonyl (C=O) groups excluding carboxylic acids is 1. The second-order valence-corrected chi connectivity index (χ2v) is 6.71. The monoisotopic (exact) mass is 339 g/mol. The third-order valence-electron chi connectivity index (χ3n) is 2.79. The lowest BCUT2D eigenvalue weighted by Crippen LogP contribution is -2.54. The van der Waals surface area contributed by atoms with Crippen molar-refractivity contribution < 1.29 is 17.9 Å². The first-order valence-electron chi connectivity index (χ1n) is 5.54. The van der Waals surface area contributed by atoms with E-state index in [0.29, 0.717) is 0 Å². The van der Waals surface area contributed by atoms with Crippen molar-refractivity contribution in [3.8, 4) is 0 Å². The second-order valence-electron chi connectivity index (χ2n) is 4.05. The van der Waals surface area contributed by atoms with Gasteiger partial charge in [-0.3, -0.25) is 4.79 Å². The van der Waals surface area contributed by atoms with Crippen LogP contribution in [0.2, 0.25) is 10.2 Å². The Hall–Kier alpha value is -0.930. The molecule has 110 valence electrons. The summed E-state index contributed by atoms with van der Waals surface area (Å²) in [7, 11) is -3.95. The van der Waals surface area contributed by atoms with Crippen LogP contribution in [0, 0.1) is 0 Å². The minimum Gasteiger partial charge on any atom is -0.378 e. The van der Waals surface area contributed by atoms with E-state index in [1.165, 1.54) is 6.07 Å². The summed E-state index contributed by atoms with van der Waals surface area (Å²) in [6.45, 7) is 0.122. The Bertz CT molecular complexity index is 637. The van der Waals surface area contributed by atoms with Crippen LogP contribution < -0.4 is 5.73 Å². The maximum absolute atomic E-state index is 12.5. The van der Waals surface area contributed by atoms with Gasteiger partial charge in [-0.15, -0.1) is 0 Å². The van der Waals surface area contributed by atoms with Gasteiger partial charge in [-0.1, -0.05) is 23.2 Å². The molecule has 2 N–H and O–H groups in total. The summed E-state index contributed by atoms with van der Waals surface area (Å²) in [6, 6.07) is 0.128. The molecule has 1 aliphatic heterocycles.